The van der Waals surface area contributed by atoms with Gasteiger partial charge in [-0.3, -0.25) is 0 Å². The lowest BCUT2D eigenvalue weighted by Gasteiger charge is -2.35. The highest BCUT2D eigenvalue weighted by atomic mass is 16.5. The molecule has 1 rings (SSSR count). The van der Waals surface area contributed by atoms with E-state index in [1.807, 2.05) is 6.92 Å². The van der Waals surface area contributed by atoms with Crippen molar-refractivity contribution in [1.82, 2.24) is 10.2 Å². The molecule has 0 bridgehead atoms. The van der Waals surface area contributed by atoms with Gasteiger partial charge < -0.3 is 20.1 Å². The molecule has 2 amide bonds. The molecule has 0 aromatic carbocycles. The van der Waals surface area contributed by atoms with Gasteiger partial charge >= 0.3 is 12.0 Å². The maximum absolute atomic E-state index is 12.0. The van der Waals surface area contributed by atoms with E-state index in [-0.39, 0.29) is 6.03 Å². The molecule has 0 aliphatic heterocycles. The van der Waals surface area contributed by atoms with Crippen molar-refractivity contribution in [3.05, 3.63) is 0 Å². The summed E-state index contributed by atoms with van der Waals surface area (Å²) in [7, 11) is 1.65. The van der Waals surface area contributed by atoms with Crippen molar-refractivity contribution >= 4 is 12.0 Å². The van der Waals surface area contributed by atoms with Gasteiger partial charge in [0.15, 0.2) is 0 Å². The third-order valence-electron chi connectivity index (χ3n) is 3.58. The summed E-state index contributed by atoms with van der Waals surface area (Å²) in [5.74, 6) is -0.932. The number of carbonyl (C=O) groups is 2. The van der Waals surface area contributed by atoms with E-state index in [1.165, 1.54) is 4.90 Å². The van der Waals surface area contributed by atoms with Crippen LogP contribution in [0.1, 0.15) is 39.0 Å². The molecule has 110 valence electrons. The van der Waals surface area contributed by atoms with E-state index in [0.29, 0.717) is 32.6 Å². The summed E-state index contributed by atoms with van der Waals surface area (Å²) >= 11 is 0. The smallest absolute Gasteiger partial charge is 0.329 e. The highest BCUT2D eigenvalue weighted by Crippen LogP contribution is 2.28. The minimum atomic E-state index is -1.09. The van der Waals surface area contributed by atoms with Crippen LogP contribution in [0.15, 0.2) is 0 Å². The molecule has 0 saturated heterocycles. The van der Waals surface area contributed by atoms with Crippen molar-refractivity contribution < 1.29 is 19.4 Å². The Hall–Kier alpha value is -1.30. The number of hydrogen-bond acceptors (Lipinski definition) is 3. The second-order valence-corrected chi connectivity index (χ2v) is 5.00. The minimum Gasteiger partial charge on any atom is -0.480 e. The van der Waals surface area contributed by atoms with E-state index in [1.54, 1.807) is 7.05 Å². The molecule has 0 atom stereocenters. The van der Waals surface area contributed by atoms with E-state index < -0.39 is 11.5 Å². The molecular weight excluding hydrogens is 248 g/mol. The highest BCUT2D eigenvalue weighted by Gasteiger charge is 2.41. The Bertz CT molecular complexity index is 314. The summed E-state index contributed by atoms with van der Waals surface area (Å²) in [6, 6.07) is -0.344. The van der Waals surface area contributed by atoms with Gasteiger partial charge in [-0.05, 0) is 19.8 Å². The average Bonchev–Trinajstić information content (AvgIpc) is 2.39. The zero-order chi connectivity index (χ0) is 14.3. The van der Waals surface area contributed by atoms with Gasteiger partial charge in [-0.15, -0.1) is 0 Å². The fourth-order valence-corrected chi connectivity index (χ4v) is 2.30. The predicted molar refractivity (Wildman–Crippen MR) is 71.1 cm³/mol. The second kappa shape index (κ2) is 7.33. The van der Waals surface area contributed by atoms with Crippen molar-refractivity contribution in [2.75, 3.05) is 26.8 Å². The lowest BCUT2D eigenvalue weighted by atomic mass is 9.82. The van der Waals surface area contributed by atoms with Gasteiger partial charge in [-0.2, -0.15) is 0 Å². The molecule has 1 aliphatic carbocycles. The van der Waals surface area contributed by atoms with Crippen molar-refractivity contribution in [3.63, 3.8) is 0 Å². The average molecular weight is 272 g/mol. The molecule has 0 unspecified atom stereocenters. The molecular formula is C13H24N2O4. The van der Waals surface area contributed by atoms with Gasteiger partial charge in [0.25, 0.3) is 0 Å². The number of aliphatic carboxylic acids is 1. The standard InChI is InChI=1S/C13H24N2O4/c1-3-19-10-9-15(2)12(18)14-13(11(16)17)7-5-4-6-8-13/h3-10H2,1-2H3,(H,14,18)(H,16,17). The van der Waals surface area contributed by atoms with E-state index in [9.17, 15) is 14.7 Å². The molecule has 6 nitrogen and oxygen atoms in total. The SMILES string of the molecule is CCOCCN(C)C(=O)NC1(C(=O)O)CCCCC1. The Labute approximate surface area is 114 Å². The van der Waals surface area contributed by atoms with Gasteiger partial charge in [0.1, 0.15) is 5.54 Å². The van der Waals surface area contributed by atoms with Crippen LogP contribution in [0.2, 0.25) is 0 Å². The lowest BCUT2D eigenvalue weighted by Crippen LogP contribution is -2.58. The van der Waals surface area contributed by atoms with Crippen LogP contribution in [0.25, 0.3) is 0 Å². The Morgan fingerprint density at radius 3 is 2.47 bits per heavy atom. The molecule has 1 fully saturated rings. The van der Waals surface area contributed by atoms with Crippen molar-refractivity contribution in [2.45, 2.75) is 44.6 Å². The molecule has 0 spiro atoms. The fraction of sp³-hybridized carbons (Fsp3) is 0.846. The minimum absolute atomic E-state index is 0.344. The molecule has 2 N–H and O–H groups in total. The predicted octanol–water partition coefficient (Wildman–Crippen LogP) is 1.45. The number of nitrogens with zero attached hydrogens (tertiary/aromatic N) is 1. The topological polar surface area (TPSA) is 78.9 Å². The summed E-state index contributed by atoms with van der Waals surface area (Å²) in [5.41, 5.74) is -1.09. The van der Waals surface area contributed by atoms with Crippen LogP contribution in [0.3, 0.4) is 0 Å². The molecule has 0 aromatic rings. The fourth-order valence-electron chi connectivity index (χ4n) is 2.30. The van der Waals surface area contributed by atoms with Gasteiger partial charge in [0.05, 0.1) is 6.61 Å². The summed E-state index contributed by atoms with van der Waals surface area (Å²) < 4.78 is 5.18. The first-order chi connectivity index (χ1) is 9.02. The Balaban J connectivity index is 2.54. The van der Waals surface area contributed by atoms with Gasteiger partial charge in [0.2, 0.25) is 0 Å². The first-order valence-electron chi connectivity index (χ1n) is 6.86. The summed E-state index contributed by atoms with van der Waals surface area (Å²) in [6.07, 6.45) is 3.73. The van der Waals surface area contributed by atoms with Gasteiger partial charge in [-0.1, -0.05) is 19.3 Å². The van der Waals surface area contributed by atoms with Crippen molar-refractivity contribution in [3.8, 4) is 0 Å². The van der Waals surface area contributed by atoms with Crippen molar-refractivity contribution in [2.24, 2.45) is 0 Å². The van der Waals surface area contributed by atoms with Crippen LogP contribution in [-0.4, -0.2) is 54.4 Å². The third-order valence-corrected chi connectivity index (χ3v) is 3.58. The second-order valence-electron chi connectivity index (χ2n) is 5.00. The van der Waals surface area contributed by atoms with E-state index in [0.717, 1.165) is 19.3 Å². The first-order valence-corrected chi connectivity index (χ1v) is 6.86. The summed E-state index contributed by atoms with van der Waals surface area (Å²) in [4.78, 5) is 24.9. The zero-order valence-electron chi connectivity index (χ0n) is 11.8. The lowest BCUT2D eigenvalue weighted by molar-refractivity contribution is -0.145. The number of likely N-dealkylation sites (N-methyl/N-ethyl adjacent to an activating group) is 1. The number of hydrogen-bond donors (Lipinski definition) is 2. The zero-order valence-corrected chi connectivity index (χ0v) is 11.8. The molecule has 0 heterocycles. The maximum Gasteiger partial charge on any atom is 0.329 e. The van der Waals surface area contributed by atoms with Crippen LogP contribution in [0, 0.1) is 0 Å². The van der Waals surface area contributed by atoms with Crippen LogP contribution in [-0.2, 0) is 9.53 Å². The number of carboxylic acids is 1. The molecule has 6 heteroatoms. The first kappa shape index (κ1) is 15.8. The summed E-state index contributed by atoms with van der Waals surface area (Å²) in [5, 5.41) is 12.1. The molecule has 1 aliphatic rings. The van der Waals surface area contributed by atoms with Crippen molar-refractivity contribution in [1.29, 1.82) is 0 Å². The van der Waals surface area contributed by atoms with Crippen LogP contribution < -0.4 is 5.32 Å². The monoisotopic (exact) mass is 272 g/mol. The van der Waals surface area contributed by atoms with Crippen LogP contribution >= 0.6 is 0 Å². The number of nitrogens with one attached hydrogen (secondary N) is 1. The van der Waals surface area contributed by atoms with Crippen LogP contribution in [0.5, 0.6) is 0 Å². The molecule has 19 heavy (non-hydrogen) atoms. The third kappa shape index (κ3) is 4.38. The number of ether oxygens (including phenoxy) is 1. The Morgan fingerprint density at radius 2 is 1.95 bits per heavy atom. The summed E-state index contributed by atoms with van der Waals surface area (Å²) in [6.45, 7) is 3.41. The van der Waals surface area contributed by atoms with E-state index in [2.05, 4.69) is 5.32 Å². The van der Waals surface area contributed by atoms with Crippen LogP contribution in [0.4, 0.5) is 4.79 Å². The Kier molecular flexibility index (Phi) is 6.08. The highest BCUT2D eigenvalue weighted by molar-refractivity contribution is 5.86. The molecule has 0 aromatic heterocycles. The normalized spacial score (nSPS) is 17.8. The quantitative estimate of drug-likeness (QED) is 0.717. The number of rotatable bonds is 6. The van der Waals surface area contributed by atoms with Gasteiger partial charge in [-0.25, -0.2) is 9.59 Å². The van der Waals surface area contributed by atoms with E-state index in [4.69, 9.17) is 4.74 Å². The number of amides is 2. The number of carboxylic acid groups (broad SMARTS) is 1. The maximum atomic E-state index is 12.0. The molecule has 1 saturated carbocycles. The van der Waals surface area contributed by atoms with E-state index >= 15 is 0 Å². The molecule has 0 radical (unpaired) electrons. The Morgan fingerprint density at radius 1 is 1.32 bits per heavy atom. The number of urea groups is 1. The largest absolute Gasteiger partial charge is 0.480 e. The van der Waals surface area contributed by atoms with Gasteiger partial charge in [0, 0.05) is 20.2 Å². The number of carbonyl (C=O) groups excluding carboxylic acids is 1.